The first kappa shape index (κ1) is 17.9. The third kappa shape index (κ3) is 4.55. The van der Waals surface area contributed by atoms with Gasteiger partial charge < -0.3 is 10.2 Å². The van der Waals surface area contributed by atoms with Crippen LogP contribution in [0.3, 0.4) is 0 Å². The monoisotopic (exact) mass is 348 g/mol. The molecule has 2 aromatic rings. The van der Waals surface area contributed by atoms with E-state index in [1.54, 1.807) is 12.1 Å². The summed E-state index contributed by atoms with van der Waals surface area (Å²) in [7, 11) is 0. The van der Waals surface area contributed by atoms with Gasteiger partial charge in [-0.1, -0.05) is 23.7 Å². The van der Waals surface area contributed by atoms with E-state index in [1.165, 1.54) is 30.0 Å². The highest BCUT2D eigenvalue weighted by atomic mass is 35.5. The lowest BCUT2D eigenvalue weighted by Crippen LogP contribution is -2.37. The van der Waals surface area contributed by atoms with Crippen molar-refractivity contribution in [2.75, 3.05) is 18.0 Å². The molecule has 0 aliphatic heterocycles. The molecule has 6 heteroatoms. The third-order valence-corrected chi connectivity index (χ3v) is 3.96. The molecule has 4 nitrogen and oxygen atoms in total. The molecule has 0 saturated heterocycles. The van der Waals surface area contributed by atoms with Crippen molar-refractivity contribution in [3.8, 4) is 0 Å². The predicted octanol–water partition coefficient (Wildman–Crippen LogP) is 3.57. The minimum Gasteiger partial charge on any atom is -0.350 e. The summed E-state index contributed by atoms with van der Waals surface area (Å²) in [5, 5.41) is 3.25. The van der Waals surface area contributed by atoms with Crippen molar-refractivity contribution in [3.05, 3.63) is 64.4 Å². The zero-order valence-electron chi connectivity index (χ0n) is 13.5. The number of hydrogen-bond acceptors (Lipinski definition) is 2. The number of rotatable bonds is 5. The molecule has 0 saturated carbocycles. The Hall–Kier alpha value is -2.40. The fraction of sp³-hybridized carbons (Fsp3) is 0.222. The minimum absolute atomic E-state index is 0.157. The van der Waals surface area contributed by atoms with E-state index in [1.807, 2.05) is 13.0 Å². The average Bonchev–Trinajstić information content (AvgIpc) is 2.54. The molecular formula is C18H18ClFN2O2. The summed E-state index contributed by atoms with van der Waals surface area (Å²) in [5.41, 5.74) is 1.82. The predicted molar refractivity (Wildman–Crippen MR) is 92.9 cm³/mol. The van der Waals surface area contributed by atoms with Crippen LogP contribution in [0.1, 0.15) is 22.8 Å². The summed E-state index contributed by atoms with van der Waals surface area (Å²) >= 11 is 6.10. The smallest absolute Gasteiger partial charge is 0.251 e. The van der Waals surface area contributed by atoms with E-state index < -0.39 is 5.82 Å². The van der Waals surface area contributed by atoms with E-state index in [0.29, 0.717) is 10.7 Å². The number of halogens is 2. The first-order chi connectivity index (χ1) is 11.4. The van der Waals surface area contributed by atoms with Gasteiger partial charge in [0.1, 0.15) is 5.82 Å². The van der Waals surface area contributed by atoms with Gasteiger partial charge in [-0.2, -0.15) is 0 Å². The van der Waals surface area contributed by atoms with Crippen molar-refractivity contribution in [1.29, 1.82) is 0 Å². The van der Waals surface area contributed by atoms with Crippen molar-refractivity contribution >= 4 is 29.1 Å². The Morgan fingerprint density at radius 3 is 2.58 bits per heavy atom. The zero-order chi connectivity index (χ0) is 17.7. The first-order valence-corrected chi connectivity index (χ1v) is 7.84. The number of amides is 2. The van der Waals surface area contributed by atoms with Gasteiger partial charge in [-0.15, -0.1) is 0 Å². The molecule has 0 spiro atoms. The second-order valence-electron chi connectivity index (χ2n) is 5.37. The summed E-state index contributed by atoms with van der Waals surface area (Å²) in [6.45, 7) is 3.85. The first-order valence-electron chi connectivity index (χ1n) is 7.46. The van der Waals surface area contributed by atoms with Gasteiger partial charge in [0, 0.05) is 36.3 Å². The molecule has 0 atom stereocenters. The zero-order valence-corrected chi connectivity index (χ0v) is 14.2. The van der Waals surface area contributed by atoms with Gasteiger partial charge in [0.2, 0.25) is 5.91 Å². The Kier molecular flexibility index (Phi) is 5.93. The molecule has 0 radical (unpaired) electrons. The fourth-order valence-electron chi connectivity index (χ4n) is 2.23. The van der Waals surface area contributed by atoms with Gasteiger partial charge >= 0.3 is 0 Å². The molecule has 0 aromatic heterocycles. The highest BCUT2D eigenvalue weighted by Gasteiger charge is 2.13. The van der Waals surface area contributed by atoms with E-state index in [4.69, 9.17) is 11.6 Å². The highest BCUT2D eigenvalue weighted by Crippen LogP contribution is 2.23. The van der Waals surface area contributed by atoms with Crippen LogP contribution < -0.4 is 10.2 Å². The molecule has 1 N–H and O–H groups in total. The van der Waals surface area contributed by atoms with Gasteiger partial charge in [-0.25, -0.2) is 4.39 Å². The topological polar surface area (TPSA) is 49.4 Å². The molecule has 0 aliphatic carbocycles. The van der Waals surface area contributed by atoms with Crippen LogP contribution in [0.2, 0.25) is 5.02 Å². The largest absolute Gasteiger partial charge is 0.350 e. The average molecular weight is 349 g/mol. The number of carbonyl (C=O) groups excluding carboxylic acids is 2. The Labute approximate surface area is 145 Å². The summed E-state index contributed by atoms with van der Waals surface area (Å²) in [6.07, 6.45) is 0. The second kappa shape index (κ2) is 7.93. The van der Waals surface area contributed by atoms with Crippen LogP contribution in [0.15, 0.2) is 42.5 Å². The Morgan fingerprint density at radius 2 is 1.96 bits per heavy atom. The molecule has 0 aliphatic rings. The van der Waals surface area contributed by atoms with Crippen molar-refractivity contribution in [2.45, 2.75) is 13.8 Å². The summed E-state index contributed by atoms with van der Waals surface area (Å²) in [4.78, 5) is 25.4. The minimum atomic E-state index is -0.470. The quantitative estimate of drug-likeness (QED) is 0.898. The second-order valence-corrected chi connectivity index (χ2v) is 5.78. The van der Waals surface area contributed by atoms with E-state index in [2.05, 4.69) is 5.32 Å². The van der Waals surface area contributed by atoms with Crippen molar-refractivity contribution in [2.24, 2.45) is 0 Å². The van der Waals surface area contributed by atoms with E-state index in [9.17, 15) is 14.0 Å². The van der Waals surface area contributed by atoms with Gasteiger partial charge in [0.05, 0.1) is 0 Å². The summed E-state index contributed by atoms with van der Waals surface area (Å²) in [6, 6.07) is 10.8. The SMILES string of the molecule is CC(=O)N(CCNC(=O)c1cccc(F)c1)c1ccc(C)c(Cl)c1. The van der Waals surface area contributed by atoms with E-state index in [-0.39, 0.29) is 30.5 Å². The van der Waals surface area contributed by atoms with Crippen LogP contribution in [0.5, 0.6) is 0 Å². The van der Waals surface area contributed by atoms with Gasteiger partial charge in [0.15, 0.2) is 0 Å². The maximum absolute atomic E-state index is 13.1. The van der Waals surface area contributed by atoms with Gasteiger partial charge in [-0.3, -0.25) is 9.59 Å². The van der Waals surface area contributed by atoms with Crippen LogP contribution in [0.25, 0.3) is 0 Å². The van der Waals surface area contributed by atoms with Crippen LogP contribution in [-0.4, -0.2) is 24.9 Å². The molecule has 0 heterocycles. The number of hydrogen-bond donors (Lipinski definition) is 1. The lowest BCUT2D eigenvalue weighted by Gasteiger charge is -2.22. The molecule has 0 bridgehead atoms. The summed E-state index contributed by atoms with van der Waals surface area (Å²) in [5.74, 6) is -1.02. The van der Waals surface area contributed by atoms with Crippen molar-refractivity contribution in [3.63, 3.8) is 0 Å². The normalized spacial score (nSPS) is 10.3. The van der Waals surface area contributed by atoms with Crippen molar-refractivity contribution < 1.29 is 14.0 Å². The fourth-order valence-corrected chi connectivity index (χ4v) is 2.41. The highest BCUT2D eigenvalue weighted by molar-refractivity contribution is 6.31. The van der Waals surface area contributed by atoms with Crippen molar-refractivity contribution in [1.82, 2.24) is 5.32 Å². The van der Waals surface area contributed by atoms with Crippen LogP contribution in [-0.2, 0) is 4.79 Å². The maximum Gasteiger partial charge on any atom is 0.251 e. The number of anilines is 1. The molecule has 0 fully saturated rings. The molecular weight excluding hydrogens is 331 g/mol. The standard InChI is InChI=1S/C18H18ClFN2O2/c1-12-6-7-16(11-17(12)19)22(13(2)23)9-8-21-18(24)14-4-3-5-15(20)10-14/h3-7,10-11H,8-9H2,1-2H3,(H,21,24). The van der Waals surface area contributed by atoms with Gasteiger partial charge in [0.25, 0.3) is 5.91 Å². The third-order valence-electron chi connectivity index (χ3n) is 3.55. The maximum atomic E-state index is 13.1. The Bertz CT molecular complexity index is 764. The number of nitrogens with zero attached hydrogens (tertiary/aromatic N) is 1. The number of benzene rings is 2. The summed E-state index contributed by atoms with van der Waals surface area (Å²) < 4.78 is 13.1. The molecule has 2 aromatic carbocycles. The lowest BCUT2D eigenvalue weighted by molar-refractivity contribution is -0.116. The van der Waals surface area contributed by atoms with Gasteiger partial charge in [-0.05, 0) is 42.8 Å². The lowest BCUT2D eigenvalue weighted by atomic mass is 10.2. The molecule has 2 rings (SSSR count). The number of aryl methyl sites for hydroxylation is 1. The molecule has 24 heavy (non-hydrogen) atoms. The van der Waals surface area contributed by atoms with Crippen LogP contribution in [0.4, 0.5) is 10.1 Å². The van der Waals surface area contributed by atoms with E-state index in [0.717, 1.165) is 11.6 Å². The van der Waals surface area contributed by atoms with Crippen LogP contribution >= 0.6 is 11.6 Å². The molecule has 0 unspecified atom stereocenters. The number of carbonyl (C=O) groups is 2. The Morgan fingerprint density at radius 1 is 1.21 bits per heavy atom. The molecule has 126 valence electrons. The Balaban J connectivity index is 2.00. The van der Waals surface area contributed by atoms with E-state index >= 15 is 0 Å². The van der Waals surface area contributed by atoms with Crippen LogP contribution in [0, 0.1) is 12.7 Å². The molecule has 2 amide bonds. The number of nitrogens with one attached hydrogen (secondary N) is 1.